The summed E-state index contributed by atoms with van der Waals surface area (Å²) < 4.78 is 16.8. The zero-order valence-electron chi connectivity index (χ0n) is 44.0. The third-order valence-corrected chi connectivity index (χ3v) is 12.6. The first kappa shape index (κ1) is 63.4. The van der Waals surface area contributed by atoms with Crippen LogP contribution in [0.25, 0.3) is 0 Å². The van der Waals surface area contributed by atoms with Gasteiger partial charge in [-0.1, -0.05) is 256 Å². The molecule has 0 aromatic heterocycles. The van der Waals surface area contributed by atoms with E-state index in [0.29, 0.717) is 19.3 Å². The van der Waals surface area contributed by atoms with Gasteiger partial charge in [-0.2, -0.15) is 0 Å². The molecule has 6 heteroatoms. The minimum absolute atomic E-state index is 0.0892. The van der Waals surface area contributed by atoms with Gasteiger partial charge in [-0.3, -0.25) is 14.4 Å². The minimum Gasteiger partial charge on any atom is -0.462 e. The highest BCUT2D eigenvalue weighted by atomic mass is 16.6. The molecule has 384 valence electrons. The summed E-state index contributed by atoms with van der Waals surface area (Å²) in [6.45, 7) is 6.50. The smallest absolute Gasteiger partial charge is 0.306 e. The molecule has 1 unspecified atom stereocenters. The minimum atomic E-state index is -0.795. The van der Waals surface area contributed by atoms with Gasteiger partial charge in [0.05, 0.1) is 0 Å². The van der Waals surface area contributed by atoms with Gasteiger partial charge in [0.1, 0.15) is 13.2 Å². The third-order valence-electron chi connectivity index (χ3n) is 12.6. The Bertz CT molecular complexity index is 1150. The van der Waals surface area contributed by atoms with Crippen molar-refractivity contribution in [2.75, 3.05) is 13.2 Å². The summed E-state index contributed by atoms with van der Waals surface area (Å²) in [6.07, 6.45) is 66.9. The molecule has 1 atom stereocenters. The Morgan fingerprint density at radius 2 is 0.606 bits per heavy atom. The summed E-state index contributed by atoms with van der Waals surface area (Å²) in [5.41, 5.74) is 0. The van der Waals surface area contributed by atoms with Crippen LogP contribution in [-0.4, -0.2) is 37.2 Å². The molecule has 0 saturated heterocycles. The molecule has 0 saturated carbocycles. The Balaban J connectivity index is 4.33. The number of hydrogen-bond donors (Lipinski definition) is 0. The summed E-state index contributed by atoms with van der Waals surface area (Å²) in [6, 6.07) is 0. The van der Waals surface area contributed by atoms with E-state index in [1.165, 1.54) is 173 Å². The van der Waals surface area contributed by atoms with Crippen LogP contribution >= 0.6 is 0 Å². The van der Waals surface area contributed by atoms with Crippen LogP contribution in [0.15, 0.2) is 48.6 Å². The summed E-state index contributed by atoms with van der Waals surface area (Å²) in [7, 11) is 0. The first-order valence-corrected chi connectivity index (χ1v) is 28.6. The number of hydrogen-bond acceptors (Lipinski definition) is 6. The maximum absolute atomic E-state index is 12.8. The number of esters is 3. The van der Waals surface area contributed by atoms with E-state index < -0.39 is 6.10 Å². The normalized spacial score (nSPS) is 12.3. The summed E-state index contributed by atoms with van der Waals surface area (Å²) in [5, 5.41) is 0. The van der Waals surface area contributed by atoms with Crippen molar-refractivity contribution < 1.29 is 28.6 Å². The van der Waals surface area contributed by atoms with Crippen molar-refractivity contribution in [2.45, 2.75) is 303 Å². The van der Waals surface area contributed by atoms with Gasteiger partial charge in [-0.05, 0) is 70.6 Å². The molecule has 0 bridgehead atoms. The SMILES string of the molecule is CC/C=C\C/C=C\C/C=C\CCCC(=O)OCC(COC(=O)CCCCCCCCCCCCCCCCCCCCC)OC(=O)CCCCCCC/C=C\CCCCCCCCCCC. The first-order chi connectivity index (χ1) is 32.5. The Morgan fingerprint density at radius 1 is 0.318 bits per heavy atom. The maximum Gasteiger partial charge on any atom is 0.306 e. The molecule has 6 nitrogen and oxygen atoms in total. The number of carbonyl (C=O) groups is 3. The van der Waals surface area contributed by atoms with E-state index >= 15 is 0 Å². The lowest BCUT2D eigenvalue weighted by Crippen LogP contribution is -2.30. The van der Waals surface area contributed by atoms with Crippen molar-refractivity contribution in [3.8, 4) is 0 Å². The average molecular weight is 926 g/mol. The number of rotatable bonds is 52. The monoisotopic (exact) mass is 925 g/mol. The fraction of sp³-hybridized carbons (Fsp3) is 0.817. The molecule has 66 heavy (non-hydrogen) atoms. The predicted molar refractivity (Wildman–Crippen MR) is 284 cm³/mol. The van der Waals surface area contributed by atoms with Gasteiger partial charge in [0.25, 0.3) is 0 Å². The lowest BCUT2D eigenvalue weighted by Gasteiger charge is -2.18. The molecular weight excluding hydrogens is 817 g/mol. The second-order valence-electron chi connectivity index (χ2n) is 19.2. The molecule has 0 aliphatic heterocycles. The topological polar surface area (TPSA) is 78.9 Å². The van der Waals surface area contributed by atoms with Gasteiger partial charge >= 0.3 is 17.9 Å². The third kappa shape index (κ3) is 52.3. The molecule has 0 heterocycles. The second kappa shape index (κ2) is 55.0. The van der Waals surface area contributed by atoms with E-state index in [1.54, 1.807) is 0 Å². The molecule has 0 aromatic rings. The zero-order valence-corrected chi connectivity index (χ0v) is 44.0. The average Bonchev–Trinajstić information content (AvgIpc) is 3.31. The van der Waals surface area contributed by atoms with Crippen molar-refractivity contribution in [3.05, 3.63) is 48.6 Å². The van der Waals surface area contributed by atoms with Gasteiger partial charge in [-0.25, -0.2) is 0 Å². The van der Waals surface area contributed by atoms with Crippen LogP contribution in [0.5, 0.6) is 0 Å². The van der Waals surface area contributed by atoms with Crippen molar-refractivity contribution in [1.82, 2.24) is 0 Å². The fourth-order valence-corrected chi connectivity index (χ4v) is 8.29. The highest BCUT2D eigenvalue weighted by Crippen LogP contribution is 2.16. The van der Waals surface area contributed by atoms with Gasteiger partial charge in [-0.15, -0.1) is 0 Å². The fourth-order valence-electron chi connectivity index (χ4n) is 8.29. The standard InChI is InChI=1S/C60H108O6/c1-4-7-10-13-16-19-22-24-26-28-30-32-33-35-38-41-44-47-50-53-59(62)65-56-57(55-64-58(61)52-49-46-43-40-37-21-18-15-12-9-6-3)66-60(63)54-51-48-45-42-39-36-34-31-29-27-25-23-20-17-14-11-8-5-2/h9,12,18,21,31,34,40,43,57H,4-8,10-11,13-17,19-20,22-30,32-33,35-39,41-42,44-56H2,1-3H3/b12-9-,21-18-,34-31-,43-40-. The summed E-state index contributed by atoms with van der Waals surface area (Å²) >= 11 is 0. The number of unbranched alkanes of at least 4 members (excludes halogenated alkanes) is 33. The lowest BCUT2D eigenvalue weighted by molar-refractivity contribution is -0.167. The van der Waals surface area contributed by atoms with E-state index in [4.69, 9.17) is 14.2 Å². The Hall–Kier alpha value is -2.63. The van der Waals surface area contributed by atoms with E-state index in [9.17, 15) is 14.4 Å². The predicted octanol–water partition coefficient (Wildman–Crippen LogP) is 19.0. The molecule has 0 N–H and O–H groups in total. The highest BCUT2D eigenvalue weighted by Gasteiger charge is 2.19. The number of carbonyl (C=O) groups excluding carboxylic acids is 3. The van der Waals surface area contributed by atoms with Gasteiger partial charge < -0.3 is 14.2 Å². The lowest BCUT2D eigenvalue weighted by atomic mass is 10.0. The van der Waals surface area contributed by atoms with Crippen LogP contribution < -0.4 is 0 Å². The molecule has 0 rings (SSSR count). The van der Waals surface area contributed by atoms with Crippen LogP contribution in [0.2, 0.25) is 0 Å². The summed E-state index contributed by atoms with van der Waals surface area (Å²) in [4.78, 5) is 38.0. The number of allylic oxidation sites excluding steroid dienone is 8. The van der Waals surface area contributed by atoms with E-state index in [1.807, 2.05) is 0 Å². The largest absolute Gasteiger partial charge is 0.462 e. The van der Waals surface area contributed by atoms with Crippen molar-refractivity contribution in [1.29, 1.82) is 0 Å². The van der Waals surface area contributed by atoms with Crippen molar-refractivity contribution in [3.63, 3.8) is 0 Å². The van der Waals surface area contributed by atoms with E-state index in [0.717, 1.165) is 77.0 Å². The van der Waals surface area contributed by atoms with E-state index in [2.05, 4.69) is 69.4 Å². The Kier molecular flexibility index (Phi) is 52.8. The van der Waals surface area contributed by atoms with Crippen molar-refractivity contribution in [2.24, 2.45) is 0 Å². The van der Waals surface area contributed by atoms with Crippen LogP contribution in [-0.2, 0) is 28.6 Å². The van der Waals surface area contributed by atoms with Gasteiger partial charge in [0.15, 0.2) is 6.10 Å². The molecule has 0 aliphatic carbocycles. The zero-order chi connectivity index (χ0) is 47.9. The molecular formula is C60H108O6. The molecule has 0 radical (unpaired) electrons. The summed E-state index contributed by atoms with van der Waals surface area (Å²) in [5.74, 6) is -0.941. The second-order valence-corrected chi connectivity index (χ2v) is 19.2. The van der Waals surface area contributed by atoms with Crippen LogP contribution in [0, 0.1) is 0 Å². The molecule has 0 aliphatic rings. The first-order valence-electron chi connectivity index (χ1n) is 28.6. The maximum atomic E-state index is 12.8. The quantitative estimate of drug-likeness (QED) is 0.0262. The molecule has 0 fully saturated rings. The Labute approximate surface area is 409 Å². The molecule has 0 aromatic carbocycles. The van der Waals surface area contributed by atoms with Crippen LogP contribution in [0.4, 0.5) is 0 Å². The molecule has 0 amide bonds. The van der Waals surface area contributed by atoms with E-state index in [-0.39, 0.29) is 37.5 Å². The van der Waals surface area contributed by atoms with Crippen LogP contribution in [0.1, 0.15) is 297 Å². The van der Waals surface area contributed by atoms with Crippen LogP contribution in [0.3, 0.4) is 0 Å². The highest BCUT2D eigenvalue weighted by molar-refractivity contribution is 5.71. The Morgan fingerprint density at radius 3 is 1.00 bits per heavy atom. The van der Waals surface area contributed by atoms with Gasteiger partial charge in [0.2, 0.25) is 0 Å². The molecule has 0 spiro atoms. The van der Waals surface area contributed by atoms with Crippen molar-refractivity contribution >= 4 is 17.9 Å². The van der Waals surface area contributed by atoms with Gasteiger partial charge in [0, 0.05) is 19.3 Å². The number of ether oxygens (including phenoxy) is 3.